The van der Waals surface area contributed by atoms with Gasteiger partial charge in [0.25, 0.3) is 0 Å². The number of hydrogen-bond donors (Lipinski definition) is 2. The molecule has 0 bridgehead atoms. The number of pyridine rings is 1. The van der Waals surface area contributed by atoms with Crippen LogP contribution in [0.15, 0.2) is 36.7 Å². The van der Waals surface area contributed by atoms with Crippen LogP contribution in [0.4, 0.5) is 11.6 Å². The van der Waals surface area contributed by atoms with Gasteiger partial charge in [-0.15, -0.1) is 0 Å². The number of aryl methyl sites for hydroxylation is 2. The second-order valence-corrected chi connectivity index (χ2v) is 7.03. The summed E-state index contributed by atoms with van der Waals surface area (Å²) in [5, 5.41) is 3.33. The van der Waals surface area contributed by atoms with E-state index in [1.54, 1.807) is 6.20 Å². The van der Waals surface area contributed by atoms with Crippen molar-refractivity contribution in [3.8, 4) is 0 Å². The third-order valence-corrected chi connectivity index (χ3v) is 4.87. The zero-order valence-corrected chi connectivity index (χ0v) is 15.8. The first-order valence-electron chi connectivity index (χ1n) is 9.46. The number of hydrogen-bond acceptors (Lipinski definition) is 6. The Balaban J connectivity index is 1.58. The van der Waals surface area contributed by atoms with E-state index in [1.165, 1.54) is 12.8 Å². The Morgan fingerprint density at radius 3 is 2.89 bits per heavy atom. The van der Waals surface area contributed by atoms with Crippen molar-refractivity contribution in [2.24, 2.45) is 0 Å². The Morgan fingerprint density at radius 2 is 2.07 bits per heavy atom. The summed E-state index contributed by atoms with van der Waals surface area (Å²) >= 11 is 0. The molecule has 0 amide bonds. The minimum absolute atomic E-state index is 0.275. The molecule has 0 saturated carbocycles. The Morgan fingerprint density at radius 1 is 1.15 bits per heavy atom. The van der Waals surface area contributed by atoms with Crippen molar-refractivity contribution >= 4 is 11.6 Å². The van der Waals surface area contributed by atoms with Gasteiger partial charge in [-0.2, -0.15) is 0 Å². The Hall–Kier alpha value is -2.80. The molecular weight excluding hydrogens is 338 g/mol. The average molecular weight is 363 g/mol. The van der Waals surface area contributed by atoms with Crippen LogP contribution in [-0.2, 0) is 6.54 Å². The van der Waals surface area contributed by atoms with Gasteiger partial charge in [0.05, 0.1) is 18.3 Å². The molecule has 1 fully saturated rings. The predicted molar refractivity (Wildman–Crippen MR) is 105 cm³/mol. The van der Waals surface area contributed by atoms with Crippen LogP contribution in [0.25, 0.3) is 0 Å². The summed E-state index contributed by atoms with van der Waals surface area (Å²) in [7, 11) is 0. The molecule has 4 rings (SSSR count). The maximum atomic E-state index is 4.75. The lowest BCUT2D eigenvalue weighted by molar-refractivity contribution is 0.134. The van der Waals surface area contributed by atoms with Gasteiger partial charge in [0, 0.05) is 24.2 Å². The van der Waals surface area contributed by atoms with Crippen molar-refractivity contribution < 1.29 is 0 Å². The largest absolute Gasteiger partial charge is 0.348 e. The number of nitrogens with one attached hydrogen (secondary N) is 2. The van der Waals surface area contributed by atoms with Gasteiger partial charge in [-0.3, -0.25) is 4.90 Å². The quantitative estimate of drug-likeness (QED) is 0.719. The molecule has 0 unspecified atom stereocenters. The first-order chi connectivity index (χ1) is 13.2. The molecule has 1 atom stereocenters. The molecule has 0 spiro atoms. The van der Waals surface area contributed by atoms with Gasteiger partial charge in [0.15, 0.2) is 0 Å². The Kier molecular flexibility index (Phi) is 5.11. The second-order valence-electron chi connectivity index (χ2n) is 7.03. The number of imidazole rings is 1. The second kappa shape index (κ2) is 7.84. The van der Waals surface area contributed by atoms with E-state index in [9.17, 15) is 0 Å². The summed E-state index contributed by atoms with van der Waals surface area (Å²) in [5.41, 5.74) is 2.03. The summed E-state index contributed by atoms with van der Waals surface area (Å²) < 4.78 is 0. The molecule has 140 valence electrons. The van der Waals surface area contributed by atoms with E-state index in [0.29, 0.717) is 0 Å². The minimum Gasteiger partial charge on any atom is -0.348 e. The molecule has 1 aliphatic heterocycles. The van der Waals surface area contributed by atoms with Crippen LogP contribution in [0.3, 0.4) is 0 Å². The van der Waals surface area contributed by atoms with Crippen LogP contribution in [-0.4, -0.2) is 36.4 Å². The Bertz CT molecular complexity index is 891. The topological polar surface area (TPSA) is 82.6 Å². The molecule has 27 heavy (non-hydrogen) atoms. The van der Waals surface area contributed by atoms with E-state index in [4.69, 9.17) is 4.98 Å². The van der Waals surface area contributed by atoms with Crippen molar-refractivity contribution in [2.75, 3.05) is 11.9 Å². The van der Waals surface area contributed by atoms with Crippen LogP contribution >= 0.6 is 0 Å². The van der Waals surface area contributed by atoms with Gasteiger partial charge in [-0.25, -0.2) is 19.9 Å². The fourth-order valence-corrected chi connectivity index (χ4v) is 3.66. The molecule has 7 heteroatoms. The number of anilines is 2. The smallest absolute Gasteiger partial charge is 0.135 e. The Labute approximate surface area is 159 Å². The third kappa shape index (κ3) is 4.31. The molecule has 4 heterocycles. The van der Waals surface area contributed by atoms with E-state index >= 15 is 0 Å². The molecule has 0 aromatic carbocycles. The van der Waals surface area contributed by atoms with Crippen molar-refractivity contribution in [2.45, 2.75) is 45.7 Å². The minimum atomic E-state index is 0.275. The van der Waals surface area contributed by atoms with E-state index in [0.717, 1.165) is 54.2 Å². The summed E-state index contributed by atoms with van der Waals surface area (Å²) in [5.74, 6) is 3.36. The molecule has 1 aliphatic rings. The van der Waals surface area contributed by atoms with Crippen LogP contribution in [0.1, 0.15) is 48.3 Å². The molecule has 0 aliphatic carbocycles. The number of piperidine rings is 1. The van der Waals surface area contributed by atoms with Crippen LogP contribution in [0.5, 0.6) is 0 Å². The zero-order valence-electron chi connectivity index (χ0n) is 15.8. The summed E-state index contributed by atoms with van der Waals surface area (Å²) in [6.45, 7) is 5.79. The SMILES string of the molecule is Cc1cccc(Nc2cc([C@@H]3CCCCN3Cc3ncc[nH]3)nc(C)n2)n1. The molecule has 3 aromatic heterocycles. The number of aromatic amines is 1. The van der Waals surface area contributed by atoms with Crippen molar-refractivity contribution in [3.05, 3.63) is 59.7 Å². The van der Waals surface area contributed by atoms with Crippen molar-refractivity contribution in [1.82, 2.24) is 29.8 Å². The number of rotatable bonds is 5. The first-order valence-corrected chi connectivity index (χ1v) is 9.46. The van der Waals surface area contributed by atoms with Gasteiger partial charge in [-0.05, 0) is 45.4 Å². The molecule has 1 saturated heterocycles. The maximum Gasteiger partial charge on any atom is 0.135 e. The van der Waals surface area contributed by atoms with E-state index in [-0.39, 0.29) is 6.04 Å². The predicted octanol–water partition coefficient (Wildman–Crippen LogP) is 3.68. The zero-order chi connectivity index (χ0) is 18.6. The van der Waals surface area contributed by atoms with Crippen LogP contribution in [0, 0.1) is 13.8 Å². The number of H-pyrrole nitrogens is 1. The average Bonchev–Trinajstić information content (AvgIpc) is 3.15. The lowest BCUT2D eigenvalue weighted by atomic mass is 9.99. The molecule has 3 aromatic rings. The fraction of sp³-hybridized carbons (Fsp3) is 0.400. The fourth-order valence-electron chi connectivity index (χ4n) is 3.66. The van der Waals surface area contributed by atoms with Gasteiger partial charge < -0.3 is 10.3 Å². The van der Waals surface area contributed by atoms with E-state index in [1.807, 2.05) is 38.2 Å². The molecule has 2 N–H and O–H groups in total. The highest BCUT2D eigenvalue weighted by molar-refractivity contribution is 5.52. The van der Waals surface area contributed by atoms with Crippen LogP contribution < -0.4 is 5.32 Å². The van der Waals surface area contributed by atoms with E-state index < -0.39 is 0 Å². The highest BCUT2D eigenvalue weighted by Gasteiger charge is 2.26. The van der Waals surface area contributed by atoms with E-state index in [2.05, 4.69) is 36.2 Å². The van der Waals surface area contributed by atoms with Crippen LogP contribution in [0.2, 0.25) is 0 Å². The van der Waals surface area contributed by atoms with Gasteiger partial charge in [-0.1, -0.05) is 12.5 Å². The van der Waals surface area contributed by atoms with Gasteiger partial charge >= 0.3 is 0 Å². The van der Waals surface area contributed by atoms with Gasteiger partial charge in [0.1, 0.15) is 23.3 Å². The standard InChI is InChI=1S/C20H25N7/c1-14-6-5-8-18(23-14)26-19-12-16(24-15(2)25-19)17-7-3-4-11-27(17)13-20-21-9-10-22-20/h5-6,8-10,12,17H,3-4,7,11,13H2,1-2H3,(H,21,22)(H,23,24,25,26)/t17-/m0/s1. The monoisotopic (exact) mass is 363 g/mol. The number of aromatic nitrogens is 5. The number of nitrogens with zero attached hydrogens (tertiary/aromatic N) is 5. The highest BCUT2D eigenvalue weighted by Crippen LogP contribution is 2.32. The van der Waals surface area contributed by atoms with Crippen molar-refractivity contribution in [3.63, 3.8) is 0 Å². The number of likely N-dealkylation sites (tertiary alicyclic amines) is 1. The highest BCUT2D eigenvalue weighted by atomic mass is 15.2. The lowest BCUT2D eigenvalue weighted by Gasteiger charge is -2.34. The lowest BCUT2D eigenvalue weighted by Crippen LogP contribution is -2.34. The first kappa shape index (κ1) is 17.6. The summed E-state index contributed by atoms with van der Waals surface area (Å²) in [6, 6.07) is 8.26. The van der Waals surface area contributed by atoms with Gasteiger partial charge in [0.2, 0.25) is 0 Å². The molecule has 7 nitrogen and oxygen atoms in total. The summed E-state index contributed by atoms with van der Waals surface area (Å²) in [6.07, 6.45) is 7.20. The summed E-state index contributed by atoms with van der Waals surface area (Å²) in [4.78, 5) is 23.9. The van der Waals surface area contributed by atoms with Crippen molar-refractivity contribution in [1.29, 1.82) is 0 Å². The molecular formula is C20H25N7. The maximum absolute atomic E-state index is 4.75. The molecule has 0 radical (unpaired) electrons. The third-order valence-electron chi connectivity index (χ3n) is 4.87. The normalized spacial score (nSPS) is 17.8.